The molecule has 16 heavy (non-hydrogen) atoms. The van der Waals surface area contributed by atoms with Crippen molar-refractivity contribution >= 4 is 15.9 Å². The summed E-state index contributed by atoms with van der Waals surface area (Å²) in [7, 11) is 0. The third-order valence-electron chi connectivity index (χ3n) is 2.30. The molecule has 0 atom stereocenters. The standard InChI is InChI=1S/C13H11Br.C2H6/c1-10-4-2-3-5-13(10)11-6-8-12(14)9-7-11;1-2/h2-9H,1H3;1-2H3. The Morgan fingerprint density at radius 2 is 1.38 bits per heavy atom. The molecule has 84 valence electrons. The van der Waals surface area contributed by atoms with Gasteiger partial charge in [-0.1, -0.05) is 66.2 Å². The van der Waals surface area contributed by atoms with Crippen molar-refractivity contribution in [1.29, 1.82) is 0 Å². The third kappa shape index (κ3) is 3.21. The van der Waals surface area contributed by atoms with Crippen molar-refractivity contribution in [3.8, 4) is 11.1 Å². The van der Waals surface area contributed by atoms with E-state index in [9.17, 15) is 0 Å². The van der Waals surface area contributed by atoms with Crippen molar-refractivity contribution in [2.24, 2.45) is 0 Å². The molecule has 0 heterocycles. The summed E-state index contributed by atoms with van der Waals surface area (Å²) in [6.07, 6.45) is 0. The molecule has 0 fully saturated rings. The molecule has 1 heteroatoms. The molecule has 0 aliphatic heterocycles. The van der Waals surface area contributed by atoms with E-state index in [0.717, 1.165) is 4.47 Å². The van der Waals surface area contributed by atoms with E-state index < -0.39 is 0 Å². The molecule has 0 aliphatic carbocycles. The van der Waals surface area contributed by atoms with E-state index in [1.807, 2.05) is 13.8 Å². The molecule has 0 bridgehead atoms. The summed E-state index contributed by atoms with van der Waals surface area (Å²) >= 11 is 3.44. The minimum atomic E-state index is 1.12. The first-order chi connectivity index (χ1) is 7.77. The van der Waals surface area contributed by atoms with Crippen LogP contribution >= 0.6 is 15.9 Å². The SMILES string of the molecule is CC.Cc1ccccc1-c1ccc(Br)cc1. The largest absolute Gasteiger partial charge is 0.0683 e. The molecular formula is C15H17Br. The molecule has 0 amide bonds. The molecule has 2 rings (SSSR count). The molecule has 0 radical (unpaired) electrons. The van der Waals surface area contributed by atoms with Crippen LogP contribution in [-0.4, -0.2) is 0 Å². The Morgan fingerprint density at radius 1 is 0.812 bits per heavy atom. The summed E-state index contributed by atoms with van der Waals surface area (Å²) in [5.74, 6) is 0. The van der Waals surface area contributed by atoms with E-state index in [4.69, 9.17) is 0 Å². The maximum absolute atomic E-state index is 3.44. The second-order valence-electron chi connectivity index (χ2n) is 3.32. The summed E-state index contributed by atoms with van der Waals surface area (Å²) < 4.78 is 1.12. The van der Waals surface area contributed by atoms with Crippen molar-refractivity contribution in [3.05, 3.63) is 58.6 Å². The van der Waals surface area contributed by atoms with Crippen molar-refractivity contribution in [2.75, 3.05) is 0 Å². The van der Waals surface area contributed by atoms with Crippen LogP contribution in [0.2, 0.25) is 0 Å². The maximum atomic E-state index is 3.44. The van der Waals surface area contributed by atoms with Crippen molar-refractivity contribution in [1.82, 2.24) is 0 Å². The third-order valence-corrected chi connectivity index (χ3v) is 2.83. The predicted molar refractivity (Wildman–Crippen MR) is 75.7 cm³/mol. The Kier molecular flexibility index (Phi) is 5.27. The van der Waals surface area contributed by atoms with Gasteiger partial charge in [-0.25, -0.2) is 0 Å². The highest BCUT2D eigenvalue weighted by Gasteiger charge is 1.99. The average molecular weight is 277 g/mol. The summed E-state index contributed by atoms with van der Waals surface area (Å²) in [4.78, 5) is 0. The van der Waals surface area contributed by atoms with Gasteiger partial charge in [-0.3, -0.25) is 0 Å². The van der Waals surface area contributed by atoms with Gasteiger partial charge < -0.3 is 0 Å². The molecule has 0 aromatic heterocycles. The normalized spacial score (nSPS) is 9.25. The van der Waals surface area contributed by atoms with Gasteiger partial charge in [-0.2, -0.15) is 0 Å². The number of aryl methyl sites for hydroxylation is 1. The fourth-order valence-electron chi connectivity index (χ4n) is 1.53. The Morgan fingerprint density at radius 3 is 1.94 bits per heavy atom. The molecule has 0 aliphatic rings. The first-order valence-corrected chi connectivity index (χ1v) is 6.38. The number of halogens is 1. The Labute approximate surface area is 106 Å². The highest BCUT2D eigenvalue weighted by molar-refractivity contribution is 9.10. The molecule has 0 saturated heterocycles. The van der Waals surface area contributed by atoms with Crippen LogP contribution in [0.15, 0.2) is 53.0 Å². The fourth-order valence-corrected chi connectivity index (χ4v) is 1.79. The lowest BCUT2D eigenvalue weighted by Gasteiger charge is -2.05. The molecule has 2 aromatic carbocycles. The van der Waals surface area contributed by atoms with Crippen molar-refractivity contribution in [3.63, 3.8) is 0 Å². The number of hydrogen-bond donors (Lipinski definition) is 0. The second-order valence-corrected chi connectivity index (χ2v) is 4.24. The minimum Gasteiger partial charge on any atom is -0.0683 e. The van der Waals surface area contributed by atoms with Crippen LogP contribution in [0.25, 0.3) is 11.1 Å². The Bertz CT molecular complexity index is 429. The maximum Gasteiger partial charge on any atom is 0.0175 e. The zero-order valence-electron chi connectivity index (χ0n) is 10.00. The number of benzene rings is 2. The van der Waals surface area contributed by atoms with Gasteiger partial charge in [0.1, 0.15) is 0 Å². The summed E-state index contributed by atoms with van der Waals surface area (Å²) in [5.41, 5.74) is 3.89. The van der Waals surface area contributed by atoms with Crippen LogP contribution in [0.4, 0.5) is 0 Å². The van der Waals surface area contributed by atoms with Gasteiger partial charge in [0.2, 0.25) is 0 Å². The number of rotatable bonds is 1. The fraction of sp³-hybridized carbons (Fsp3) is 0.200. The van der Waals surface area contributed by atoms with E-state index in [0.29, 0.717) is 0 Å². The lowest BCUT2D eigenvalue weighted by Crippen LogP contribution is -1.81. The Hall–Kier alpha value is -1.08. The summed E-state index contributed by atoms with van der Waals surface area (Å²) in [6.45, 7) is 6.14. The highest BCUT2D eigenvalue weighted by atomic mass is 79.9. The summed E-state index contributed by atoms with van der Waals surface area (Å²) in [5, 5.41) is 0. The van der Waals surface area contributed by atoms with E-state index >= 15 is 0 Å². The summed E-state index contributed by atoms with van der Waals surface area (Å²) in [6, 6.07) is 16.8. The van der Waals surface area contributed by atoms with Crippen molar-refractivity contribution in [2.45, 2.75) is 20.8 Å². The first kappa shape index (κ1) is 13.0. The van der Waals surface area contributed by atoms with E-state index in [1.54, 1.807) is 0 Å². The lowest BCUT2D eigenvalue weighted by molar-refractivity contribution is 1.46. The van der Waals surface area contributed by atoms with Gasteiger partial charge in [-0.05, 0) is 35.7 Å². The van der Waals surface area contributed by atoms with Gasteiger partial charge in [0.15, 0.2) is 0 Å². The quantitative estimate of drug-likeness (QED) is 0.650. The predicted octanol–water partition coefficient (Wildman–Crippen LogP) is 5.45. The van der Waals surface area contributed by atoms with Crippen LogP contribution in [0, 0.1) is 6.92 Å². The van der Waals surface area contributed by atoms with E-state index in [1.165, 1.54) is 16.7 Å². The monoisotopic (exact) mass is 276 g/mol. The van der Waals surface area contributed by atoms with Gasteiger partial charge in [0, 0.05) is 4.47 Å². The van der Waals surface area contributed by atoms with Crippen molar-refractivity contribution < 1.29 is 0 Å². The lowest BCUT2D eigenvalue weighted by atomic mass is 10.0. The molecule has 0 N–H and O–H groups in total. The molecule has 0 unspecified atom stereocenters. The smallest absolute Gasteiger partial charge is 0.0175 e. The van der Waals surface area contributed by atoms with Gasteiger partial charge >= 0.3 is 0 Å². The van der Waals surface area contributed by atoms with Crippen LogP contribution in [0.3, 0.4) is 0 Å². The number of hydrogen-bond acceptors (Lipinski definition) is 0. The molecular weight excluding hydrogens is 260 g/mol. The zero-order chi connectivity index (χ0) is 12.0. The van der Waals surface area contributed by atoms with E-state index in [2.05, 4.69) is 71.4 Å². The van der Waals surface area contributed by atoms with Crippen LogP contribution < -0.4 is 0 Å². The highest BCUT2D eigenvalue weighted by Crippen LogP contribution is 2.24. The second kappa shape index (κ2) is 6.49. The minimum absolute atomic E-state index is 1.12. The topological polar surface area (TPSA) is 0 Å². The van der Waals surface area contributed by atoms with E-state index in [-0.39, 0.29) is 0 Å². The molecule has 0 saturated carbocycles. The van der Waals surface area contributed by atoms with Gasteiger partial charge in [-0.15, -0.1) is 0 Å². The van der Waals surface area contributed by atoms with Gasteiger partial charge in [0.05, 0.1) is 0 Å². The van der Waals surface area contributed by atoms with Crippen LogP contribution in [-0.2, 0) is 0 Å². The van der Waals surface area contributed by atoms with Gasteiger partial charge in [0.25, 0.3) is 0 Å². The van der Waals surface area contributed by atoms with Crippen LogP contribution in [0.1, 0.15) is 19.4 Å². The molecule has 2 aromatic rings. The first-order valence-electron chi connectivity index (χ1n) is 5.59. The molecule has 0 spiro atoms. The van der Waals surface area contributed by atoms with Crippen LogP contribution in [0.5, 0.6) is 0 Å². The molecule has 0 nitrogen and oxygen atoms in total. The average Bonchev–Trinajstić information content (AvgIpc) is 2.34. The zero-order valence-corrected chi connectivity index (χ0v) is 11.6. The Balaban J connectivity index is 0.000000606.